The molecule has 0 bridgehead atoms. The van der Waals surface area contributed by atoms with E-state index >= 15 is 0 Å². The number of carbonyl (C=O) groups is 1. The number of aryl methyl sites for hydroxylation is 1. The fraction of sp³-hybridized carbons (Fsp3) is 0.438. The SMILES string of the molecule is CC(C)[C@@H](Oc1ccccc1)C(=O)NCCCn1ccnn1. The monoisotopic (exact) mass is 302 g/mol. The summed E-state index contributed by atoms with van der Waals surface area (Å²) in [5, 5.41) is 10.5. The van der Waals surface area contributed by atoms with E-state index in [4.69, 9.17) is 4.74 Å². The molecule has 0 aliphatic carbocycles. The topological polar surface area (TPSA) is 69.0 Å². The van der Waals surface area contributed by atoms with Crippen LogP contribution in [-0.4, -0.2) is 33.5 Å². The smallest absolute Gasteiger partial charge is 0.261 e. The van der Waals surface area contributed by atoms with Crippen LogP contribution in [0.25, 0.3) is 0 Å². The molecule has 1 amide bonds. The maximum atomic E-state index is 12.3. The molecule has 1 aromatic carbocycles. The van der Waals surface area contributed by atoms with Crippen molar-refractivity contribution in [2.75, 3.05) is 6.54 Å². The van der Waals surface area contributed by atoms with Crippen LogP contribution in [0, 0.1) is 5.92 Å². The lowest BCUT2D eigenvalue weighted by Gasteiger charge is -2.21. The van der Waals surface area contributed by atoms with Crippen LogP contribution in [0.15, 0.2) is 42.7 Å². The Labute approximate surface area is 130 Å². The van der Waals surface area contributed by atoms with Gasteiger partial charge < -0.3 is 10.1 Å². The summed E-state index contributed by atoms with van der Waals surface area (Å²) in [6.45, 7) is 5.26. The zero-order chi connectivity index (χ0) is 15.8. The second kappa shape index (κ2) is 8.17. The zero-order valence-corrected chi connectivity index (χ0v) is 13.0. The highest BCUT2D eigenvalue weighted by molar-refractivity contribution is 5.81. The third-order valence-corrected chi connectivity index (χ3v) is 3.21. The minimum Gasteiger partial charge on any atom is -0.480 e. The number of ether oxygens (including phenoxy) is 1. The molecule has 2 rings (SSSR count). The van der Waals surface area contributed by atoms with Crippen molar-refractivity contribution in [2.45, 2.75) is 32.9 Å². The molecule has 22 heavy (non-hydrogen) atoms. The van der Waals surface area contributed by atoms with Crippen molar-refractivity contribution in [3.05, 3.63) is 42.7 Å². The number of para-hydroxylation sites is 1. The predicted molar refractivity (Wildman–Crippen MR) is 83.3 cm³/mol. The molecular weight excluding hydrogens is 280 g/mol. The lowest BCUT2D eigenvalue weighted by molar-refractivity contribution is -0.129. The molecule has 1 aromatic heterocycles. The van der Waals surface area contributed by atoms with E-state index in [1.54, 1.807) is 17.1 Å². The predicted octanol–water partition coefficient (Wildman–Crippen LogP) is 1.89. The van der Waals surface area contributed by atoms with Crippen molar-refractivity contribution in [3.8, 4) is 5.75 Å². The molecule has 6 heteroatoms. The van der Waals surface area contributed by atoms with Crippen LogP contribution in [0.5, 0.6) is 5.75 Å². The number of hydrogen-bond acceptors (Lipinski definition) is 4. The van der Waals surface area contributed by atoms with Crippen molar-refractivity contribution < 1.29 is 9.53 Å². The summed E-state index contributed by atoms with van der Waals surface area (Å²) in [5.41, 5.74) is 0. The van der Waals surface area contributed by atoms with E-state index in [9.17, 15) is 4.79 Å². The fourth-order valence-corrected chi connectivity index (χ4v) is 2.04. The summed E-state index contributed by atoms with van der Waals surface area (Å²) in [4.78, 5) is 12.3. The van der Waals surface area contributed by atoms with Gasteiger partial charge in [0.2, 0.25) is 0 Å². The lowest BCUT2D eigenvalue weighted by atomic mass is 10.1. The summed E-state index contributed by atoms with van der Waals surface area (Å²) in [6.07, 6.45) is 3.75. The first-order valence-corrected chi connectivity index (χ1v) is 7.50. The van der Waals surface area contributed by atoms with Crippen LogP contribution in [0.4, 0.5) is 0 Å². The Hall–Kier alpha value is -2.37. The number of nitrogens with zero attached hydrogens (tertiary/aromatic N) is 3. The van der Waals surface area contributed by atoms with Gasteiger partial charge in [0.25, 0.3) is 5.91 Å². The first-order valence-electron chi connectivity index (χ1n) is 7.50. The van der Waals surface area contributed by atoms with Crippen LogP contribution in [0.1, 0.15) is 20.3 Å². The number of amides is 1. The van der Waals surface area contributed by atoms with Gasteiger partial charge in [0.1, 0.15) is 5.75 Å². The molecule has 0 saturated heterocycles. The Morgan fingerprint density at radius 1 is 1.32 bits per heavy atom. The Morgan fingerprint density at radius 2 is 2.09 bits per heavy atom. The van der Waals surface area contributed by atoms with Crippen LogP contribution in [0.3, 0.4) is 0 Å². The number of rotatable bonds is 8. The molecule has 0 fully saturated rings. The maximum Gasteiger partial charge on any atom is 0.261 e. The van der Waals surface area contributed by atoms with Gasteiger partial charge in [-0.15, -0.1) is 5.10 Å². The second-order valence-corrected chi connectivity index (χ2v) is 5.41. The van der Waals surface area contributed by atoms with Crippen LogP contribution < -0.4 is 10.1 Å². The third-order valence-electron chi connectivity index (χ3n) is 3.21. The van der Waals surface area contributed by atoms with Gasteiger partial charge in [-0.3, -0.25) is 9.48 Å². The number of nitrogens with one attached hydrogen (secondary N) is 1. The highest BCUT2D eigenvalue weighted by Gasteiger charge is 2.23. The Morgan fingerprint density at radius 3 is 2.73 bits per heavy atom. The van der Waals surface area contributed by atoms with Crippen LogP contribution in [-0.2, 0) is 11.3 Å². The standard InChI is InChI=1S/C16H22N4O2/c1-13(2)15(22-14-7-4-3-5-8-14)16(21)17-9-6-11-20-12-10-18-19-20/h3-5,7-8,10,12-13,15H,6,9,11H2,1-2H3,(H,17,21)/t15-/m1/s1. The zero-order valence-electron chi connectivity index (χ0n) is 13.0. The van der Waals surface area contributed by atoms with Gasteiger partial charge in [0.05, 0.1) is 6.20 Å². The Kier molecular flexibility index (Phi) is 5.94. The minimum absolute atomic E-state index is 0.0857. The number of benzene rings is 1. The minimum atomic E-state index is -0.492. The van der Waals surface area contributed by atoms with Gasteiger partial charge in [-0.05, 0) is 24.5 Å². The van der Waals surface area contributed by atoms with Crippen molar-refractivity contribution in [1.29, 1.82) is 0 Å². The van der Waals surface area contributed by atoms with Gasteiger partial charge in [-0.2, -0.15) is 0 Å². The Bertz CT molecular complexity index is 555. The average Bonchev–Trinajstić information content (AvgIpc) is 3.03. The van der Waals surface area contributed by atoms with Crippen molar-refractivity contribution in [1.82, 2.24) is 20.3 Å². The quantitative estimate of drug-likeness (QED) is 0.756. The molecule has 1 N–H and O–H groups in total. The van der Waals surface area contributed by atoms with E-state index in [1.807, 2.05) is 44.2 Å². The summed E-state index contributed by atoms with van der Waals surface area (Å²) >= 11 is 0. The summed E-state index contributed by atoms with van der Waals surface area (Å²) < 4.78 is 7.54. The molecule has 2 aromatic rings. The second-order valence-electron chi connectivity index (χ2n) is 5.41. The first-order chi connectivity index (χ1) is 10.7. The molecule has 0 aliphatic rings. The van der Waals surface area contributed by atoms with E-state index in [0.717, 1.165) is 13.0 Å². The van der Waals surface area contributed by atoms with Gasteiger partial charge in [-0.1, -0.05) is 37.3 Å². The number of hydrogen-bond donors (Lipinski definition) is 1. The summed E-state index contributed by atoms with van der Waals surface area (Å²) in [7, 11) is 0. The highest BCUT2D eigenvalue weighted by Crippen LogP contribution is 2.15. The maximum absolute atomic E-state index is 12.3. The normalized spacial score (nSPS) is 12.1. The lowest BCUT2D eigenvalue weighted by Crippen LogP contribution is -2.42. The molecule has 0 spiro atoms. The van der Waals surface area contributed by atoms with E-state index in [2.05, 4.69) is 15.6 Å². The number of carbonyl (C=O) groups excluding carboxylic acids is 1. The van der Waals surface area contributed by atoms with Gasteiger partial charge in [0.15, 0.2) is 6.10 Å². The molecule has 0 radical (unpaired) electrons. The Balaban J connectivity index is 1.79. The molecule has 0 saturated carbocycles. The van der Waals surface area contributed by atoms with Crippen LogP contribution in [0.2, 0.25) is 0 Å². The molecule has 0 unspecified atom stereocenters. The first kappa shape index (κ1) is 16.0. The molecular formula is C16H22N4O2. The van der Waals surface area contributed by atoms with E-state index < -0.39 is 6.10 Å². The van der Waals surface area contributed by atoms with E-state index in [-0.39, 0.29) is 11.8 Å². The molecule has 6 nitrogen and oxygen atoms in total. The molecule has 1 atom stereocenters. The van der Waals surface area contributed by atoms with Crippen molar-refractivity contribution >= 4 is 5.91 Å². The van der Waals surface area contributed by atoms with Gasteiger partial charge in [0, 0.05) is 19.3 Å². The molecule has 118 valence electrons. The van der Waals surface area contributed by atoms with Crippen molar-refractivity contribution in [3.63, 3.8) is 0 Å². The molecule has 0 aliphatic heterocycles. The van der Waals surface area contributed by atoms with Gasteiger partial charge >= 0.3 is 0 Å². The largest absolute Gasteiger partial charge is 0.480 e. The summed E-state index contributed by atoms with van der Waals surface area (Å²) in [5.74, 6) is 0.715. The van der Waals surface area contributed by atoms with Gasteiger partial charge in [-0.25, -0.2) is 0 Å². The average molecular weight is 302 g/mol. The fourth-order valence-electron chi connectivity index (χ4n) is 2.04. The van der Waals surface area contributed by atoms with E-state index in [0.29, 0.717) is 12.3 Å². The molecule has 1 heterocycles. The van der Waals surface area contributed by atoms with Crippen molar-refractivity contribution in [2.24, 2.45) is 5.92 Å². The summed E-state index contributed by atoms with van der Waals surface area (Å²) in [6, 6.07) is 9.41. The van der Waals surface area contributed by atoms with E-state index in [1.165, 1.54) is 0 Å². The number of aromatic nitrogens is 3. The highest BCUT2D eigenvalue weighted by atomic mass is 16.5. The third kappa shape index (κ3) is 4.87. The van der Waals surface area contributed by atoms with Crippen LogP contribution >= 0.6 is 0 Å².